The Balaban J connectivity index is 1.23. The molecule has 1 aromatic rings. The Morgan fingerprint density at radius 3 is 2.39 bits per heavy atom. The van der Waals surface area contributed by atoms with Gasteiger partial charge in [-0.1, -0.05) is 0 Å². The van der Waals surface area contributed by atoms with Crippen LogP contribution in [0.1, 0.15) is 49.8 Å². The molecule has 6 aliphatic rings. The van der Waals surface area contributed by atoms with Gasteiger partial charge in [-0.05, 0) is 68.3 Å². The van der Waals surface area contributed by atoms with Gasteiger partial charge in [0.1, 0.15) is 0 Å². The molecule has 7 rings (SSSR count). The zero-order chi connectivity index (χ0) is 18.7. The van der Waals surface area contributed by atoms with Gasteiger partial charge in [-0.3, -0.25) is 4.79 Å². The van der Waals surface area contributed by atoms with Gasteiger partial charge in [0.25, 0.3) is 0 Å². The van der Waals surface area contributed by atoms with Gasteiger partial charge in [0, 0.05) is 25.8 Å². The smallest absolute Gasteiger partial charge is 0.229 e. The van der Waals surface area contributed by atoms with E-state index in [4.69, 9.17) is 9.72 Å². The summed E-state index contributed by atoms with van der Waals surface area (Å²) in [6.07, 6.45) is 10.4. The average molecular weight is 383 g/mol. The van der Waals surface area contributed by atoms with E-state index >= 15 is 0 Å². The van der Waals surface area contributed by atoms with E-state index < -0.39 is 0 Å². The summed E-state index contributed by atoms with van der Waals surface area (Å²) in [7, 11) is 0. The third kappa shape index (κ3) is 2.75. The molecule has 1 saturated heterocycles. The highest BCUT2D eigenvalue weighted by atomic mass is 16.5. The van der Waals surface area contributed by atoms with Gasteiger partial charge in [-0.15, -0.1) is 0 Å². The Kier molecular flexibility index (Phi) is 3.94. The predicted molar refractivity (Wildman–Crippen MR) is 105 cm³/mol. The molecule has 4 saturated carbocycles. The summed E-state index contributed by atoms with van der Waals surface area (Å²) in [6.45, 7) is 4.64. The van der Waals surface area contributed by atoms with Crippen LogP contribution in [-0.4, -0.2) is 53.6 Å². The highest BCUT2D eigenvalue weighted by Crippen LogP contribution is 2.60. The fourth-order valence-electron chi connectivity index (χ4n) is 7.09. The summed E-state index contributed by atoms with van der Waals surface area (Å²) >= 11 is 0. The molecule has 0 atom stereocenters. The third-order valence-electron chi connectivity index (χ3n) is 8.01. The Hall–Kier alpha value is -1.69. The van der Waals surface area contributed by atoms with E-state index in [9.17, 15) is 4.79 Å². The Bertz CT molecular complexity index is 753. The first-order valence-electron chi connectivity index (χ1n) is 11.2. The summed E-state index contributed by atoms with van der Waals surface area (Å²) in [4.78, 5) is 27.5. The standard InChI is InChI=1S/C22H30N4O2/c27-20(22-10-15-7-16(11-22)9-17(8-15)12-22)26-2-1-18-13-23-21(24-19(18)14-26)25-3-5-28-6-4-25/h13,15-17H,1-12,14H2. The number of amides is 1. The molecule has 1 amide bonds. The topological polar surface area (TPSA) is 58.6 Å². The second-order valence-electron chi connectivity index (χ2n) is 9.92. The fraction of sp³-hybridized carbons (Fsp3) is 0.773. The molecule has 0 spiro atoms. The number of ether oxygens (including phenoxy) is 1. The van der Waals surface area contributed by atoms with Crippen LogP contribution < -0.4 is 4.90 Å². The van der Waals surface area contributed by atoms with Crippen LogP contribution >= 0.6 is 0 Å². The molecule has 6 heteroatoms. The lowest BCUT2D eigenvalue weighted by atomic mass is 9.49. The molecule has 6 nitrogen and oxygen atoms in total. The first-order chi connectivity index (χ1) is 13.7. The van der Waals surface area contributed by atoms with Crippen molar-refractivity contribution < 1.29 is 9.53 Å². The highest BCUT2D eigenvalue weighted by molar-refractivity contribution is 5.83. The number of rotatable bonds is 2. The van der Waals surface area contributed by atoms with Crippen molar-refractivity contribution >= 4 is 11.9 Å². The Morgan fingerprint density at radius 2 is 1.71 bits per heavy atom. The lowest BCUT2D eigenvalue weighted by molar-refractivity contribution is -0.158. The number of carbonyl (C=O) groups excluding carboxylic acids is 1. The molecule has 1 aromatic heterocycles. The third-order valence-corrected chi connectivity index (χ3v) is 8.01. The van der Waals surface area contributed by atoms with E-state index in [1.54, 1.807) is 0 Å². The molecular weight excluding hydrogens is 352 g/mol. The van der Waals surface area contributed by atoms with Gasteiger partial charge in [0.05, 0.1) is 30.9 Å². The SMILES string of the molecule is O=C(N1CCc2cnc(N3CCOCC3)nc2C1)C12CC3CC(CC(C3)C1)C2. The molecule has 5 fully saturated rings. The van der Waals surface area contributed by atoms with E-state index in [-0.39, 0.29) is 5.41 Å². The van der Waals surface area contributed by atoms with Gasteiger partial charge >= 0.3 is 0 Å². The number of aromatic nitrogens is 2. The van der Waals surface area contributed by atoms with Crippen LogP contribution in [0.5, 0.6) is 0 Å². The molecule has 28 heavy (non-hydrogen) atoms. The molecule has 0 radical (unpaired) electrons. The van der Waals surface area contributed by atoms with Gasteiger partial charge in [0.2, 0.25) is 11.9 Å². The maximum absolute atomic E-state index is 13.7. The minimum Gasteiger partial charge on any atom is -0.378 e. The van der Waals surface area contributed by atoms with E-state index in [1.165, 1.54) is 24.8 Å². The van der Waals surface area contributed by atoms with E-state index in [0.717, 1.165) is 87.9 Å². The van der Waals surface area contributed by atoms with Crippen LogP contribution in [0.3, 0.4) is 0 Å². The molecule has 0 unspecified atom stereocenters. The van der Waals surface area contributed by atoms with Gasteiger partial charge in [0.15, 0.2) is 0 Å². The number of fused-ring (bicyclic) bond motifs is 1. The lowest BCUT2D eigenvalue weighted by Gasteiger charge is -2.56. The summed E-state index contributed by atoms with van der Waals surface area (Å²) < 4.78 is 5.45. The molecule has 0 aromatic carbocycles. The van der Waals surface area contributed by atoms with Crippen molar-refractivity contribution in [3.63, 3.8) is 0 Å². The summed E-state index contributed by atoms with van der Waals surface area (Å²) in [5.74, 6) is 3.66. The summed E-state index contributed by atoms with van der Waals surface area (Å²) in [5, 5.41) is 0. The van der Waals surface area contributed by atoms with E-state index in [0.29, 0.717) is 12.5 Å². The second kappa shape index (κ2) is 6.41. The van der Waals surface area contributed by atoms with E-state index in [2.05, 4.69) is 14.8 Å². The molecule has 3 heterocycles. The normalized spacial score (nSPS) is 36.5. The number of morpholine rings is 1. The van der Waals surface area contributed by atoms with Crippen molar-refractivity contribution in [2.75, 3.05) is 37.7 Å². The van der Waals surface area contributed by atoms with Crippen LogP contribution in [0, 0.1) is 23.2 Å². The van der Waals surface area contributed by atoms with Crippen molar-refractivity contribution in [3.8, 4) is 0 Å². The molecule has 2 aliphatic heterocycles. The Morgan fingerprint density at radius 1 is 1.04 bits per heavy atom. The van der Waals surface area contributed by atoms with Crippen molar-refractivity contribution in [2.45, 2.75) is 51.5 Å². The van der Waals surface area contributed by atoms with Crippen molar-refractivity contribution in [3.05, 3.63) is 17.5 Å². The zero-order valence-electron chi connectivity index (χ0n) is 16.6. The minimum absolute atomic E-state index is 0.0493. The number of carbonyl (C=O) groups is 1. The second-order valence-corrected chi connectivity index (χ2v) is 9.92. The quantitative estimate of drug-likeness (QED) is 0.786. The van der Waals surface area contributed by atoms with Crippen LogP contribution in [0.2, 0.25) is 0 Å². The Labute approximate surface area is 166 Å². The van der Waals surface area contributed by atoms with Gasteiger partial charge < -0.3 is 14.5 Å². The van der Waals surface area contributed by atoms with Crippen LogP contribution in [-0.2, 0) is 22.5 Å². The van der Waals surface area contributed by atoms with Crippen LogP contribution in [0.15, 0.2) is 6.20 Å². The fourth-order valence-corrected chi connectivity index (χ4v) is 7.09. The van der Waals surface area contributed by atoms with Crippen LogP contribution in [0.4, 0.5) is 5.95 Å². The summed E-state index contributed by atoms with van der Waals surface area (Å²) in [6, 6.07) is 0. The maximum Gasteiger partial charge on any atom is 0.229 e. The van der Waals surface area contributed by atoms with E-state index in [1.807, 2.05) is 6.20 Å². The number of hydrogen-bond acceptors (Lipinski definition) is 5. The zero-order valence-corrected chi connectivity index (χ0v) is 16.6. The van der Waals surface area contributed by atoms with Crippen molar-refractivity contribution in [2.24, 2.45) is 23.2 Å². The first kappa shape index (κ1) is 17.2. The number of anilines is 1. The lowest BCUT2D eigenvalue weighted by Crippen LogP contribution is -2.55. The van der Waals surface area contributed by atoms with Crippen molar-refractivity contribution in [1.82, 2.24) is 14.9 Å². The molecular formula is C22H30N4O2. The highest BCUT2D eigenvalue weighted by Gasteiger charge is 2.55. The van der Waals surface area contributed by atoms with Crippen LogP contribution in [0.25, 0.3) is 0 Å². The molecule has 0 N–H and O–H groups in total. The monoisotopic (exact) mass is 382 g/mol. The molecule has 4 aliphatic carbocycles. The maximum atomic E-state index is 13.7. The molecule has 150 valence electrons. The van der Waals surface area contributed by atoms with Gasteiger partial charge in [-0.2, -0.15) is 0 Å². The minimum atomic E-state index is -0.0493. The number of nitrogens with zero attached hydrogens (tertiary/aromatic N) is 4. The molecule has 4 bridgehead atoms. The van der Waals surface area contributed by atoms with Crippen molar-refractivity contribution in [1.29, 1.82) is 0 Å². The largest absolute Gasteiger partial charge is 0.378 e. The summed E-state index contributed by atoms with van der Waals surface area (Å²) in [5.41, 5.74) is 2.22. The predicted octanol–water partition coefficient (Wildman–Crippen LogP) is 2.41. The number of hydrogen-bond donors (Lipinski definition) is 0. The van der Waals surface area contributed by atoms with Gasteiger partial charge in [-0.25, -0.2) is 9.97 Å². The first-order valence-corrected chi connectivity index (χ1v) is 11.2. The average Bonchev–Trinajstić information content (AvgIpc) is 2.72.